The smallest absolute Gasteiger partial charge is 0.324 e. The van der Waals surface area contributed by atoms with E-state index in [-0.39, 0.29) is 18.5 Å². The van der Waals surface area contributed by atoms with E-state index in [0.717, 1.165) is 0 Å². The number of imidazole rings is 1. The van der Waals surface area contributed by atoms with Crippen LogP contribution in [-0.4, -0.2) is 66.7 Å². The van der Waals surface area contributed by atoms with Gasteiger partial charge in [0.05, 0.1) is 12.2 Å². The van der Waals surface area contributed by atoms with Crippen LogP contribution >= 0.6 is 0 Å². The Morgan fingerprint density at radius 2 is 1.82 bits per heavy atom. The number of nitrogens with zero attached hydrogens (tertiary/aromatic N) is 9. The number of rotatable bonds is 6. The van der Waals surface area contributed by atoms with Crippen molar-refractivity contribution in [3.63, 3.8) is 0 Å². The van der Waals surface area contributed by atoms with Crippen molar-refractivity contribution >= 4 is 23.3 Å². The average molecular weight is 550 g/mol. The fraction of sp³-hybridized carbons (Fsp3) is 0.231. The molecule has 0 atom stereocenters. The summed E-state index contributed by atoms with van der Waals surface area (Å²) in [5.74, 6) is -0.686. The van der Waals surface area contributed by atoms with Gasteiger partial charge in [-0.15, -0.1) is 10.2 Å². The molecule has 0 unspecified atom stereocenters. The van der Waals surface area contributed by atoms with Gasteiger partial charge in [0.15, 0.2) is 0 Å². The number of carbonyl (C=O) groups excluding carboxylic acids is 1. The van der Waals surface area contributed by atoms with Crippen LogP contribution in [0, 0.1) is 5.82 Å². The van der Waals surface area contributed by atoms with Crippen molar-refractivity contribution in [3.8, 4) is 11.5 Å². The molecule has 6 rings (SSSR count). The predicted molar refractivity (Wildman–Crippen MR) is 137 cm³/mol. The molecule has 0 radical (unpaired) electrons. The maximum Gasteiger partial charge on any atom is 0.324 e. The Bertz CT molecular complexity index is 1640. The Labute approximate surface area is 225 Å². The second-order valence-corrected chi connectivity index (χ2v) is 9.03. The van der Waals surface area contributed by atoms with Crippen LogP contribution in [0.25, 0.3) is 17.1 Å². The van der Waals surface area contributed by atoms with Crippen LogP contribution in [0.4, 0.5) is 29.6 Å². The van der Waals surface area contributed by atoms with E-state index >= 15 is 0 Å². The molecule has 0 bridgehead atoms. The third-order valence-electron chi connectivity index (χ3n) is 6.44. The summed E-state index contributed by atoms with van der Waals surface area (Å²) in [7, 11) is 0. The molecule has 5 heterocycles. The maximum absolute atomic E-state index is 14.2. The lowest BCUT2D eigenvalue weighted by molar-refractivity contribution is 0.116. The minimum atomic E-state index is -2.87. The van der Waals surface area contributed by atoms with Crippen molar-refractivity contribution in [2.75, 3.05) is 36.0 Å². The van der Waals surface area contributed by atoms with Crippen LogP contribution in [0.3, 0.4) is 0 Å². The van der Waals surface area contributed by atoms with Gasteiger partial charge in [-0.2, -0.15) is 8.78 Å². The van der Waals surface area contributed by atoms with Crippen LogP contribution < -0.4 is 9.80 Å². The van der Waals surface area contributed by atoms with Gasteiger partial charge in [0.2, 0.25) is 11.8 Å². The van der Waals surface area contributed by atoms with Crippen molar-refractivity contribution in [1.29, 1.82) is 0 Å². The van der Waals surface area contributed by atoms with E-state index in [1.807, 2.05) is 4.90 Å². The van der Waals surface area contributed by atoms with Crippen molar-refractivity contribution in [1.82, 2.24) is 34.4 Å². The van der Waals surface area contributed by atoms with Gasteiger partial charge in [0.25, 0.3) is 5.89 Å². The molecule has 14 heteroatoms. The van der Waals surface area contributed by atoms with Crippen molar-refractivity contribution in [2.24, 2.45) is 0 Å². The predicted octanol–water partition coefficient (Wildman–Crippen LogP) is 4.20. The number of carbonyl (C=O) groups is 1. The molecule has 1 aromatic carbocycles. The first-order valence-corrected chi connectivity index (χ1v) is 12.4. The van der Waals surface area contributed by atoms with Crippen molar-refractivity contribution in [2.45, 2.75) is 13.0 Å². The summed E-state index contributed by atoms with van der Waals surface area (Å²) >= 11 is 0. The number of piperazine rings is 1. The highest BCUT2D eigenvalue weighted by Crippen LogP contribution is 2.25. The van der Waals surface area contributed by atoms with E-state index in [1.165, 1.54) is 17.0 Å². The fourth-order valence-electron chi connectivity index (χ4n) is 4.48. The molecular formula is C26H22F3N9O2. The van der Waals surface area contributed by atoms with E-state index < -0.39 is 18.1 Å². The Kier molecular flexibility index (Phi) is 6.72. The minimum absolute atomic E-state index is 0.0565. The third-order valence-corrected chi connectivity index (χ3v) is 6.44. The highest BCUT2D eigenvalue weighted by Gasteiger charge is 2.28. The molecule has 1 aliphatic rings. The molecule has 204 valence electrons. The lowest BCUT2D eigenvalue weighted by atomic mass is 10.2. The van der Waals surface area contributed by atoms with Gasteiger partial charge < -0.3 is 18.6 Å². The highest BCUT2D eigenvalue weighted by atomic mass is 19.3. The highest BCUT2D eigenvalue weighted by molar-refractivity contribution is 5.92. The van der Waals surface area contributed by atoms with Gasteiger partial charge in [-0.1, -0.05) is 6.07 Å². The van der Waals surface area contributed by atoms with Crippen LogP contribution in [-0.2, 0) is 6.54 Å². The van der Waals surface area contributed by atoms with Crippen molar-refractivity contribution in [3.05, 3.63) is 84.7 Å². The average Bonchev–Trinajstić information content (AvgIpc) is 3.63. The topological polar surface area (TPSA) is 109 Å². The van der Waals surface area contributed by atoms with E-state index in [1.54, 1.807) is 64.4 Å². The van der Waals surface area contributed by atoms with Crippen LogP contribution in [0.5, 0.6) is 0 Å². The standard InChI is InChI=1S/C26H22F3N9O2/c27-18-3-1-4-20(14-18)38(26(39)36-11-9-35(10-12-36)25-30-6-2-7-31-25)16-19-15-37-8-5-17(13-21(37)32-19)23-33-34-24(40-23)22(28)29/h1-8,13-15,22H,9-12,16H2. The Hall–Kier alpha value is -5.01. The van der Waals surface area contributed by atoms with Gasteiger partial charge >= 0.3 is 12.5 Å². The first-order chi connectivity index (χ1) is 19.4. The SMILES string of the molecule is O=C(N1CCN(c2ncccn2)CC1)N(Cc1cn2ccc(-c3nnc(C(F)F)o3)cc2n1)c1cccc(F)c1. The van der Waals surface area contributed by atoms with Crippen LogP contribution in [0.2, 0.25) is 0 Å². The number of benzene rings is 1. The minimum Gasteiger partial charge on any atom is -0.415 e. The summed E-state index contributed by atoms with van der Waals surface area (Å²) < 4.78 is 46.6. The van der Waals surface area contributed by atoms with Gasteiger partial charge in [-0.3, -0.25) is 4.90 Å². The third kappa shape index (κ3) is 5.15. The number of hydrogen-bond donors (Lipinski definition) is 0. The number of amides is 2. The van der Waals surface area contributed by atoms with Crippen LogP contribution in [0.15, 0.2) is 71.7 Å². The molecule has 0 spiro atoms. The molecule has 5 aromatic rings. The number of hydrogen-bond acceptors (Lipinski definition) is 8. The largest absolute Gasteiger partial charge is 0.415 e. The Morgan fingerprint density at radius 1 is 1.02 bits per heavy atom. The van der Waals surface area contributed by atoms with E-state index in [2.05, 4.69) is 25.1 Å². The summed E-state index contributed by atoms with van der Waals surface area (Å²) in [6.45, 7) is 2.03. The molecule has 0 N–H and O–H groups in total. The van der Waals surface area contributed by atoms with E-state index in [0.29, 0.717) is 54.7 Å². The maximum atomic E-state index is 14.2. The molecule has 1 saturated heterocycles. The first kappa shape index (κ1) is 25.3. The molecular weight excluding hydrogens is 527 g/mol. The second kappa shape index (κ2) is 10.6. The number of urea groups is 1. The number of fused-ring (bicyclic) bond motifs is 1. The summed E-state index contributed by atoms with van der Waals surface area (Å²) in [5.41, 5.74) is 1.82. The number of halogens is 3. The van der Waals surface area contributed by atoms with Gasteiger partial charge in [0, 0.05) is 62.2 Å². The first-order valence-electron chi connectivity index (χ1n) is 12.4. The molecule has 0 aliphatic carbocycles. The Morgan fingerprint density at radius 3 is 2.55 bits per heavy atom. The lowest BCUT2D eigenvalue weighted by Gasteiger charge is -2.37. The number of alkyl halides is 2. The molecule has 1 fully saturated rings. The van der Waals surface area contributed by atoms with Gasteiger partial charge in [-0.05, 0) is 36.4 Å². The molecule has 0 saturated carbocycles. The number of aromatic nitrogens is 6. The Balaban J connectivity index is 1.24. The lowest BCUT2D eigenvalue weighted by Crippen LogP contribution is -2.53. The van der Waals surface area contributed by atoms with Crippen molar-refractivity contribution < 1.29 is 22.4 Å². The summed E-state index contributed by atoms with van der Waals surface area (Å²) in [5, 5.41) is 7.04. The molecule has 40 heavy (non-hydrogen) atoms. The summed E-state index contributed by atoms with van der Waals surface area (Å²) in [6.07, 6.45) is 3.89. The quantitative estimate of drug-likeness (QED) is 0.310. The number of anilines is 2. The van der Waals surface area contributed by atoms with Crippen LogP contribution in [0.1, 0.15) is 18.0 Å². The molecule has 4 aromatic heterocycles. The monoisotopic (exact) mass is 549 g/mol. The van der Waals surface area contributed by atoms with Gasteiger partial charge in [0.1, 0.15) is 11.5 Å². The zero-order chi connectivity index (χ0) is 27.6. The molecule has 1 aliphatic heterocycles. The van der Waals surface area contributed by atoms with E-state index in [4.69, 9.17) is 4.42 Å². The zero-order valence-corrected chi connectivity index (χ0v) is 20.9. The molecule has 2 amide bonds. The normalized spacial score (nSPS) is 13.8. The second-order valence-electron chi connectivity index (χ2n) is 9.03. The summed E-state index contributed by atoms with van der Waals surface area (Å²) in [4.78, 5) is 32.1. The van der Waals surface area contributed by atoms with Gasteiger partial charge in [-0.25, -0.2) is 24.1 Å². The zero-order valence-electron chi connectivity index (χ0n) is 20.9. The van der Waals surface area contributed by atoms with E-state index in [9.17, 15) is 18.0 Å². The fourth-order valence-corrected chi connectivity index (χ4v) is 4.48. The summed E-state index contributed by atoms with van der Waals surface area (Å²) in [6, 6.07) is 10.5. The number of pyridine rings is 1. The molecule has 11 nitrogen and oxygen atoms in total.